The zero-order valence-corrected chi connectivity index (χ0v) is 18.9. The number of carboxylic acid groups (broad SMARTS) is 1. The third-order valence-corrected chi connectivity index (χ3v) is 5.14. The number of nitrogens with one attached hydrogen (secondary N) is 2. The lowest BCUT2D eigenvalue weighted by atomic mass is 10.0. The van der Waals surface area contributed by atoms with Gasteiger partial charge in [0.25, 0.3) is 0 Å². The molecule has 0 bridgehead atoms. The Labute approximate surface area is 180 Å². The number of hydrogen-bond donors (Lipinski definition) is 5. The van der Waals surface area contributed by atoms with Crippen LogP contribution in [0.5, 0.6) is 0 Å². The minimum absolute atomic E-state index is 0.248. The number of aliphatic hydroxyl groups excluding tert-OH is 2. The summed E-state index contributed by atoms with van der Waals surface area (Å²) in [5.74, 6) is -2.53. The van der Waals surface area contributed by atoms with Crippen molar-refractivity contribution in [1.82, 2.24) is 10.6 Å². The fourth-order valence-electron chi connectivity index (χ4n) is 3.23. The Morgan fingerprint density at radius 2 is 1.30 bits per heavy atom. The van der Waals surface area contributed by atoms with E-state index in [-0.39, 0.29) is 12.3 Å². The van der Waals surface area contributed by atoms with E-state index in [9.17, 15) is 24.6 Å². The first-order valence-electron chi connectivity index (χ1n) is 11.4. The van der Waals surface area contributed by atoms with E-state index in [2.05, 4.69) is 17.6 Å². The average Bonchev–Trinajstić information content (AvgIpc) is 2.68. The number of aliphatic carboxylic acids is 1. The quantitative estimate of drug-likeness (QED) is 0.212. The molecular weight excluding hydrogens is 388 g/mol. The lowest BCUT2D eigenvalue weighted by molar-refractivity contribution is -0.145. The van der Waals surface area contributed by atoms with Crippen LogP contribution in [-0.4, -0.2) is 57.4 Å². The van der Waals surface area contributed by atoms with Gasteiger partial charge in [-0.05, 0) is 19.8 Å². The summed E-state index contributed by atoms with van der Waals surface area (Å²) in [5.41, 5.74) is 0. The van der Waals surface area contributed by atoms with Crippen LogP contribution in [0.4, 0.5) is 0 Å². The van der Waals surface area contributed by atoms with E-state index in [0.717, 1.165) is 32.1 Å². The van der Waals surface area contributed by atoms with E-state index in [4.69, 9.17) is 5.11 Å². The van der Waals surface area contributed by atoms with Gasteiger partial charge < -0.3 is 26.0 Å². The topological polar surface area (TPSA) is 136 Å². The predicted octanol–water partition coefficient (Wildman–Crippen LogP) is 2.50. The third kappa shape index (κ3) is 12.8. The van der Waals surface area contributed by atoms with Crippen LogP contribution in [0.2, 0.25) is 0 Å². The molecule has 30 heavy (non-hydrogen) atoms. The molecule has 0 fully saturated rings. The second-order valence-corrected chi connectivity index (χ2v) is 8.04. The van der Waals surface area contributed by atoms with Crippen molar-refractivity contribution < 1.29 is 29.7 Å². The summed E-state index contributed by atoms with van der Waals surface area (Å²) in [7, 11) is 0. The molecule has 4 atom stereocenters. The van der Waals surface area contributed by atoms with Crippen LogP contribution in [-0.2, 0) is 14.4 Å². The van der Waals surface area contributed by atoms with Crippen molar-refractivity contribution in [3.63, 3.8) is 0 Å². The minimum Gasteiger partial charge on any atom is -0.480 e. The molecule has 0 aliphatic heterocycles. The van der Waals surface area contributed by atoms with Crippen LogP contribution in [0.15, 0.2) is 0 Å². The van der Waals surface area contributed by atoms with Crippen LogP contribution in [0, 0.1) is 0 Å². The van der Waals surface area contributed by atoms with Gasteiger partial charge in [-0.25, -0.2) is 4.79 Å². The largest absolute Gasteiger partial charge is 0.480 e. The Morgan fingerprint density at radius 3 is 1.83 bits per heavy atom. The normalized spacial score (nSPS) is 15.1. The minimum atomic E-state index is -1.51. The van der Waals surface area contributed by atoms with Crippen molar-refractivity contribution in [2.75, 3.05) is 0 Å². The van der Waals surface area contributed by atoms with Crippen molar-refractivity contribution in [1.29, 1.82) is 0 Å². The Morgan fingerprint density at radius 1 is 0.767 bits per heavy atom. The summed E-state index contributed by atoms with van der Waals surface area (Å²) in [5, 5.41) is 34.0. The fraction of sp³-hybridized carbons (Fsp3) is 0.864. The molecule has 2 amide bonds. The molecule has 8 nitrogen and oxygen atoms in total. The number of carboxylic acids is 1. The highest BCUT2D eigenvalue weighted by Gasteiger charge is 2.33. The maximum atomic E-state index is 12.6. The molecule has 0 aliphatic carbocycles. The summed E-state index contributed by atoms with van der Waals surface area (Å²) in [4.78, 5) is 36.1. The molecule has 0 saturated heterocycles. The van der Waals surface area contributed by atoms with Crippen LogP contribution in [0.3, 0.4) is 0 Å². The average molecular weight is 431 g/mol. The number of unbranched alkanes of at least 4 members (excludes halogenated alkanes) is 8. The van der Waals surface area contributed by atoms with E-state index >= 15 is 0 Å². The first kappa shape index (κ1) is 28.3. The summed E-state index contributed by atoms with van der Waals surface area (Å²) < 4.78 is 0. The molecule has 5 N–H and O–H groups in total. The first-order valence-corrected chi connectivity index (χ1v) is 11.4. The molecule has 0 aromatic rings. The zero-order valence-electron chi connectivity index (χ0n) is 18.9. The number of rotatable bonds is 18. The number of amides is 2. The standard InChI is InChI=1S/C22H42N2O6/c1-4-6-8-9-10-11-13-15-18(27)23-20(17(26)14-12-7-5-2)21(28)24-19(16(3)25)22(29)30/h16-17,19-20,25-26H,4-15H2,1-3H3,(H,23,27)(H,24,28)(H,29,30). The highest BCUT2D eigenvalue weighted by Crippen LogP contribution is 2.11. The highest BCUT2D eigenvalue weighted by molar-refractivity contribution is 5.91. The lowest BCUT2D eigenvalue weighted by Crippen LogP contribution is -2.58. The predicted molar refractivity (Wildman–Crippen MR) is 116 cm³/mol. The Hall–Kier alpha value is -1.67. The lowest BCUT2D eigenvalue weighted by Gasteiger charge is -2.26. The second kappa shape index (κ2) is 17.1. The van der Waals surface area contributed by atoms with Gasteiger partial charge in [0.2, 0.25) is 11.8 Å². The van der Waals surface area contributed by atoms with Gasteiger partial charge in [-0.15, -0.1) is 0 Å². The summed E-state index contributed by atoms with van der Waals surface area (Å²) in [6.45, 7) is 5.43. The molecule has 0 saturated carbocycles. The molecule has 8 heteroatoms. The maximum Gasteiger partial charge on any atom is 0.328 e. The molecule has 0 heterocycles. The maximum absolute atomic E-state index is 12.6. The van der Waals surface area contributed by atoms with E-state index in [1.807, 2.05) is 6.92 Å². The van der Waals surface area contributed by atoms with Gasteiger partial charge in [-0.3, -0.25) is 9.59 Å². The monoisotopic (exact) mass is 430 g/mol. The third-order valence-electron chi connectivity index (χ3n) is 5.14. The van der Waals surface area contributed by atoms with Crippen molar-refractivity contribution in [2.24, 2.45) is 0 Å². The Bertz CT molecular complexity index is 498. The molecule has 0 rings (SSSR count). The fourth-order valence-corrected chi connectivity index (χ4v) is 3.23. The van der Waals surface area contributed by atoms with Gasteiger partial charge in [0.1, 0.15) is 6.04 Å². The van der Waals surface area contributed by atoms with Crippen LogP contribution in [0.1, 0.15) is 97.8 Å². The van der Waals surface area contributed by atoms with Crippen molar-refractivity contribution in [3.05, 3.63) is 0 Å². The van der Waals surface area contributed by atoms with Crippen molar-refractivity contribution in [2.45, 2.75) is 122 Å². The Kier molecular flexibility index (Phi) is 16.1. The van der Waals surface area contributed by atoms with Crippen LogP contribution >= 0.6 is 0 Å². The first-order chi connectivity index (χ1) is 14.2. The smallest absolute Gasteiger partial charge is 0.328 e. The molecule has 0 aromatic heterocycles. The van der Waals surface area contributed by atoms with Crippen LogP contribution in [0.25, 0.3) is 0 Å². The van der Waals surface area contributed by atoms with E-state index in [0.29, 0.717) is 19.3 Å². The van der Waals surface area contributed by atoms with E-state index in [1.165, 1.54) is 26.2 Å². The Balaban J connectivity index is 4.77. The number of hydrogen-bond acceptors (Lipinski definition) is 5. The number of carbonyl (C=O) groups excluding carboxylic acids is 2. The molecule has 176 valence electrons. The van der Waals surface area contributed by atoms with Gasteiger partial charge in [-0.2, -0.15) is 0 Å². The van der Waals surface area contributed by atoms with Crippen molar-refractivity contribution >= 4 is 17.8 Å². The molecular formula is C22H42N2O6. The molecule has 0 radical (unpaired) electrons. The molecule has 0 aliphatic rings. The van der Waals surface area contributed by atoms with E-state index < -0.39 is 36.2 Å². The highest BCUT2D eigenvalue weighted by atomic mass is 16.4. The molecule has 4 unspecified atom stereocenters. The molecule has 0 spiro atoms. The molecule has 0 aromatic carbocycles. The summed E-state index contributed by atoms with van der Waals surface area (Å²) in [6.07, 6.45) is 8.06. The summed E-state index contributed by atoms with van der Waals surface area (Å²) >= 11 is 0. The second-order valence-electron chi connectivity index (χ2n) is 8.04. The number of aliphatic hydroxyl groups is 2. The van der Waals surface area contributed by atoms with Gasteiger partial charge in [0.15, 0.2) is 6.04 Å². The van der Waals surface area contributed by atoms with Crippen molar-refractivity contribution in [3.8, 4) is 0 Å². The van der Waals surface area contributed by atoms with Gasteiger partial charge in [0.05, 0.1) is 12.2 Å². The van der Waals surface area contributed by atoms with Gasteiger partial charge in [0, 0.05) is 6.42 Å². The van der Waals surface area contributed by atoms with Gasteiger partial charge in [-0.1, -0.05) is 71.6 Å². The van der Waals surface area contributed by atoms with Gasteiger partial charge >= 0.3 is 5.97 Å². The van der Waals surface area contributed by atoms with E-state index in [1.54, 1.807) is 0 Å². The number of carbonyl (C=O) groups is 3. The zero-order chi connectivity index (χ0) is 22.9. The SMILES string of the molecule is CCCCCCCCCC(=O)NC(C(=O)NC(C(=O)O)C(C)O)C(O)CCCCC. The van der Waals surface area contributed by atoms with Crippen LogP contribution < -0.4 is 10.6 Å². The summed E-state index contributed by atoms with van der Waals surface area (Å²) in [6, 6.07) is -2.76.